The molecule has 0 unspecified atom stereocenters. The molecule has 8 heteroatoms. The van der Waals surface area contributed by atoms with Crippen LogP contribution in [0.15, 0.2) is 72.8 Å². The first-order valence-electron chi connectivity index (χ1n) is 9.82. The van der Waals surface area contributed by atoms with E-state index < -0.39 is 35.4 Å². The van der Waals surface area contributed by atoms with Gasteiger partial charge in [-0.2, -0.15) is 13.2 Å². The first-order chi connectivity index (χ1) is 15.2. The van der Waals surface area contributed by atoms with E-state index in [1.165, 1.54) is 41.0 Å². The molecule has 0 spiro atoms. The molecule has 0 aliphatic carbocycles. The highest BCUT2D eigenvalue weighted by molar-refractivity contribution is 6.17. The minimum Gasteiger partial charge on any atom is -0.304 e. The summed E-state index contributed by atoms with van der Waals surface area (Å²) in [6.07, 6.45) is -4.59. The predicted octanol–water partition coefficient (Wildman–Crippen LogP) is 5.43. The Morgan fingerprint density at radius 1 is 0.938 bits per heavy atom. The summed E-state index contributed by atoms with van der Waals surface area (Å²) >= 11 is 0. The van der Waals surface area contributed by atoms with Crippen LogP contribution >= 0.6 is 0 Å². The highest BCUT2D eigenvalue weighted by Crippen LogP contribution is 2.38. The summed E-state index contributed by atoms with van der Waals surface area (Å²) in [5, 5.41) is 0. The van der Waals surface area contributed by atoms with Crippen LogP contribution in [0.4, 0.5) is 28.9 Å². The minimum atomic E-state index is -4.59. The monoisotopic (exact) mass is 442 g/mol. The van der Waals surface area contributed by atoms with E-state index in [-0.39, 0.29) is 12.1 Å². The Labute approximate surface area is 181 Å². The number of alkyl halides is 3. The lowest BCUT2D eigenvalue weighted by atomic mass is 10.0. The lowest BCUT2D eigenvalue weighted by Gasteiger charge is -2.40. The van der Waals surface area contributed by atoms with Crippen LogP contribution in [0.2, 0.25) is 0 Å². The van der Waals surface area contributed by atoms with Crippen molar-refractivity contribution in [3.63, 3.8) is 0 Å². The number of halogens is 4. The molecular weight excluding hydrogens is 424 g/mol. The van der Waals surface area contributed by atoms with E-state index in [9.17, 15) is 27.2 Å². The second kappa shape index (κ2) is 8.11. The molecular formula is C24H18F4N2O2. The fraction of sp³-hybridized carbons (Fsp3) is 0.167. The summed E-state index contributed by atoms with van der Waals surface area (Å²) in [4.78, 5) is 29.2. The maximum atomic E-state index is 13.3. The Bertz CT molecular complexity index is 1180. The van der Waals surface area contributed by atoms with Gasteiger partial charge in [0.25, 0.3) is 5.91 Å². The topological polar surface area (TPSA) is 40.6 Å². The van der Waals surface area contributed by atoms with Crippen LogP contribution in [-0.2, 0) is 17.5 Å². The molecule has 1 atom stereocenters. The Morgan fingerprint density at radius 3 is 2.25 bits per heavy atom. The van der Waals surface area contributed by atoms with Crippen molar-refractivity contribution in [1.29, 1.82) is 0 Å². The molecule has 1 heterocycles. The van der Waals surface area contributed by atoms with Gasteiger partial charge in [0.2, 0.25) is 5.91 Å². The third kappa shape index (κ3) is 3.95. The zero-order chi connectivity index (χ0) is 23.0. The van der Waals surface area contributed by atoms with Crippen molar-refractivity contribution in [2.24, 2.45) is 0 Å². The smallest absolute Gasteiger partial charge is 0.304 e. The standard InChI is InChI=1S/C24H18F4N2O2/c1-15-22(31)29(14-16-9-11-19(25)12-10-16)20-7-2-3-8-21(20)30(15)23(32)17-5-4-6-18(13-17)24(26,27)28/h2-13,15H,14H2,1H3/t15-/m0/s1. The summed E-state index contributed by atoms with van der Waals surface area (Å²) < 4.78 is 52.6. The predicted molar refractivity (Wildman–Crippen MR) is 112 cm³/mol. The average molecular weight is 442 g/mol. The third-order valence-electron chi connectivity index (χ3n) is 5.35. The van der Waals surface area contributed by atoms with E-state index in [0.717, 1.165) is 12.1 Å². The van der Waals surface area contributed by atoms with E-state index in [1.807, 2.05) is 0 Å². The van der Waals surface area contributed by atoms with Gasteiger partial charge in [-0.15, -0.1) is 0 Å². The number of para-hydroxylation sites is 2. The number of carbonyl (C=O) groups excluding carboxylic acids is 2. The van der Waals surface area contributed by atoms with Crippen LogP contribution < -0.4 is 9.80 Å². The molecule has 1 aliphatic heterocycles. The molecule has 1 aliphatic rings. The van der Waals surface area contributed by atoms with Gasteiger partial charge in [0.15, 0.2) is 0 Å². The zero-order valence-corrected chi connectivity index (χ0v) is 16.9. The molecule has 0 bridgehead atoms. The van der Waals surface area contributed by atoms with Crippen molar-refractivity contribution in [3.8, 4) is 0 Å². The van der Waals surface area contributed by atoms with Gasteiger partial charge in [-0.05, 0) is 55.0 Å². The molecule has 0 radical (unpaired) electrons. The molecule has 2 amide bonds. The number of fused-ring (bicyclic) bond motifs is 1. The summed E-state index contributed by atoms with van der Waals surface area (Å²) in [5.41, 5.74) is 0.440. The van der Waals surface area contributed by atoms with E-state index in [1.54, 1.807) is 36.4 Å². The number of amides is 2. The largest absolute Gasteiger partial charge is 0.416 e. The van der Waals surface area contributed by atoms with Crippen LogP contribution in [0.25, 0.3) is 0 Å². The first-order valence-corrected chi connectivity index (χ1v) is 9.82. The lowest BCUT2D eigenvalue weighted by molar-refractivity contribution is -0.137. The molecule has 3 aromatic carbocycles. The van der Waals surface area contributed by atoms with Crippen molar-refractivity contribution in [1.82, 2.24) is 0 Å². The fourth-order valence-electron chi connectivity index (χ4n) is 3.75. The Kier molecular flexibility index (Phi) is 5.46. The van der Waals surface area contributed by atoms with E-state index in [0.29, 0.717) is 16.9 Å². The second-order valence-corrected chi connectivity index (χ2v) is 7.47. The van der Waals surface area contributed by atoms with Gasteiger partial charge in [0.1, 0.15) is 11.9 Å². The van der Waals surface area contributed by atoms with Crippen LogP contribution in [-0.4, -0.2) is 17.9 Å². The SMILES string of the molecule is C[C@H]1C(=O)N(Cc2ccc(F)cc2)c2ccccc2N1C(=O)c1cccc(C(F)(F)F)c1. The maximum absolute atomic E-state index is 13.3. The van der Waals surface area contributed by atoms with Gasteiger partial charge in [-0.3, -0.25) is 14.5 Å². The fourth-order valence-corrected chi connectivity index (χ4v) is 3.75. The van der Waals surface area contributed by atoms with Crippen molar-refractivity contribution in [2.45, 2.75) is 25.7 Å². The average Bonchev–Trinajstić information content (AvgIpc) is 2.77. The van der Waals surface area contributed by atoms with Crippen LogP contribution in [0.1, 0.15) is 28.4 Å². The van der Waals surface area contributed by atoms with Crippen LogP contribution in [0.3, 0.4) is 0 Å². The number of hydrogen-bond donors (Lipinski definition) is 0. The number of benzene rings is 3. The van der Waals surface area contributed by atoms with Gasteiger partial charge in [-0.25, -0.2) is 4.39 Å². The molecule has 3 aromatic rings. The van der Waals surface area contributed by atoms with Gasteiger partial charge in [-0.1, -0.05) is 30.3 Å². The number of nitrogens with zero attached hydrogens (tertiary/aromatic N) is 2. The first kappa shape index (κ1) is 21.5. The molecule has 0 saturated heterocycles. The number of anilines is 2. The molecule has 4 rings (SSSR count). The molecule has 164 valence electrons. The number of carbonyl (C=O) groups is 2. The third-order valence-corrected chi connectivity index (χ3v) is 5.35. The Morgan fingerprint density at radius 2 is 1.59 bits per heavy atom. The van der Waals surface area contributed by atoms with Gasteiger partial charge in [0, 0.05) is 5.56 Å². The quantitative estimate of drug-likeness (QED) is 0.508. The minimum absolute atomic E-state index is 0.159. The zero-order valence-electron chi connectivity index (χ0n) is 16.9. The highest BCUT2D eigenvalue weighted by Gasteiger charge is 2.39. The summed E-state index contributed by atoms with van der Waals surface area (Å²) in [7, 11) is 0. The van der Waals surface area contributed by atoms with Gasteiger partial charge >= 0.3 is 6.18 Å². The van der Waals surface area contributed by atoms with Crippen LogP contribution in [0.5, 0.6) is 0 Å². The van der Waals surface area contributed by atoms with Crippen molar-refractivity contribution >= 4 is 23.2 Å². The van der Waals surface area contributed by atoms with Crippen molar-refractivity contribution in [3.05, 3.63) is 95.3 Å². The number of rotatable bonds is 3. The van der Waals surface area contributed by atoms with E-state index in [2.05, 4.69) is 0 Å². The number of hydrogen-bond acceptors (Lipinski definition) is 2. The molecule has 32 heavy (non-hydrogen) atoms. The maximum Gasteiger partial charge on any atom is 0.416 e. The molecule has 4 nitrogen and oxygen atoms in total. The molecule has 0 N–H and O–H groups in total. The Balaban J connectivity index is 1.73. The lowest BCUT2D eigenvalue weighted by Crippen LogP contribution is -2.54. The summed E-state index contributed by atoms with van der Waals surface area (Å²) in [5.74, 6) is -1.50. The molecule has 0 saturated carbocycles. The van der Waals surface area contributed by atoms with Gasteiger partial charge in [0.05, 0.1) is 23.5 Å². The van der Waals surface area contributed by atoms with E-state index >= 15 is 0 Å². The summed E-state index contributed by atoms with van der Waals surface area (Å²) in [6, 6.07) is 15.6. The summed E-state index contributed by atoms with van der Waals surface area (Å²) in [6.45, 7) is 1.69. The highest BCUT2D eigenvalue weighted by atomic mass is 19.4. The van der Waals surface area contributed by atoms with Crippen molar-refractivity contribution in [2.75, 3.05) is 9.80 Å². The molecule has 0 fully saturated rings. The Hall–Kier alpha value is -3.68. The van der Waals surface area contributed by atoms with E-state index in [4.69, 9.17) is 0 Å². The second-order valence-electron chi connectivity index (χ2n) is 7.47. The van der Waals surface area contributed by atoms with Crippen LogP contribution in [0, 0.1) is 5.82 Å². The normalized spacial score (nSPS) is 16.2. The molecule has 0 aromatic heterocycles. The van der Waals surface area contributed by atoms with Gasteiger partial charge < -0.3 is 4.90 Å². The van der Waals surface area contributed by atoms with Crippen molar-refractivity contribution < 1.29 is 27.2 Å².